The third kappa shape index (κ3) is 2.46. The van der Waals surface area contributed by atoms with E-state index in [9.17, 15) is 9.18 Å². The zero-order valence-corrected chi connectivity index (χ0v) is 12.9. The number of fused-ring (bicyclic) bond motifs is 1. The van der Waals surface area contributed by atoms with Crippen LogP contribution in [0.2, 0.25) is 0 Å². The fraction of sp³-hybridized carbons (Fsp3) is 0.353. The summed E-state index contributed by atoms with van der Waals surface area (Å²) < 4.78 is 23.8. The van der Waals surface area contributed by atoms with Crippen LogP contribution in [0.25, 0.3) is 11.0 Å². The number of furan rings is 1. The monoisotopic (exact) mass is 329 g/mol. The lowest BCUT2D eigenvalue weighted by atomic mass is 10.1. The number of rotatable bonds is 2. The van der Waals surface area contributed by atoms with Crippen LogP contribution in [0.4, 0.5) is 4.39 Å². The average molecular weight is 329 g/mol. The van der Waals surface area contributed by atoms with E-state index in [1.165, 1.54) is 24.8 Å². The second-order valence-corrected chi connectivity index (χ2v) is 5.91. The van der Waals surface area contributed by atoms with E-state index >= 15 is 0 Å². The molecule has 0 saturated carbocycles. The van der Waals surface area contributed by atoms with Crippen molar-refractivity contribution in [3.63, 3.8) is 0 Å². The minimum Gasteiger partial charge on any atom is -0.461 e. The number of aromatic nitrogens is 2. The Kier molecular flexibility index (Phi) is 3.76. The Morgan fingerprint density at radius 2 is 2.17 bits per heavy atom. The standard InChI is InChI=1S/C17H16FN3O3/c18-13-6-5-12(11-7-9-23-15(11)13)17(22)21-8-3-1-2-4-14(21)16-19-10-24-20-16/h5-7,9-10,14H,1-4,8H2. The van der Waals surface area contributed by atoms with Gasteiger partial charge in [-0.15, -0.1) is 0 Å². The zero-order chi connectivity index (χ0) is 16.5. The molecule has 4 rings (SSSR count). The van der Waals surface area contributed by atoms with Gasteiger partial charge < -0.3 is 13.8 Å². The highest BCUT2D eigenvalue weighted by Crippen LogP contribution is 2.31. The SMILES string of the molecule is O=C(c1ccc(F)c2occc12)N1CCCCCC1c1ncon1. The number of carbonyl (C=O) groups excluding carboxylic acids is 1. The lowest BCUT2D eigenvalue weighted by molar-refractivity contribution is 0.0672. The molecule has 1 saturated heterocycles. The van der Waals surface area contributed by atoms with Gasteiger partial charge in [0, 0.05) is 11.9 Å². The number of amides is 1. The fourth-order valence-electron chi connectivity index (χ4n) is 3.31. The summed E-state index contributed by atoms with van der Waals surface area (Å²) in [5.41, 5.74) is 0.530. The molecule has 7 heteroatoms. The smallest absolute Gasteiger partial charge is 0.255 e. The second-order valence-electron chi connectivity index (χ2n) is 5.91. The van der Waals surface area contributed by atoms with Crippen molar-refractivity contribution < 1.29 is 18.1 Å². The fourth-order valence-corrected chi connectivity index (χ4v) is 3.31. The van der Waals surface area contributed by atoms with E-state index in [2.05, 4.69) is 10.1 Å². The van der Waals surface area contributed by atoms with Crippen LogP contribution in [-0.4, -0.2) is 27.5 Å². The van der Waals surface area contributed by atoms with E-state index in [1.54, 1.807) is 11.0 Å². The summed E-state index contributed by atoms with van der Waals surface area (Å²) in [5.74, 6) is -0.133. The summed E-state index contributed by atoms with van der Waals surface area (Å²) in [6, 6.07) is 4.16. The maximum absolute atomic E-state index is 13.8. The summed E-state index contributed by atoms with van der Waals surface area (Å²) in [6.45, 7) is 0.606. The summed E-state index contributed by atoms with van der Waals surface area (Å²) in [4.78, 5) is 19.0. The largest absolute Gasteiger partial charge is 0.461 e. The van der Waals surface area contributed by atoms with Gasteiger partial charge in [-0.3, -0.25) is 4.79 Å². The quantitative estimate of drug-likeness (QED) is 0.716. The highest BCUT2D eigenvalue weighted by Gasteiger charge is 2.31. The van der Waals surface area contributed by atoms with E-state index in [0.29, 0.717) is 23.3 Å². The highest BCUT2D eigenvalue weighted by atomic mass is 19.1. The summed E-state index contributed by atoms with van der Waals surface area (Å²) >= 11 is 0. The van der Waals surface area contributed by atoms with Crippen LogP contribution in [-0.2, 0) is 0 Å². The number of carbonyl (C=O) groups is 1. The molecule has 1 aromatic carbocycles. The molecular weight excluding hydrogens is 313 g/mol. The maximum Gasteiger partial charge on any atom is 0.255 e. The molecule has 1 atom stereocenters. The summed E-state index contributed by atoms with van der Waals surface area (Å²) in [6.07, 6.45) is 6.39. The molecule has 1 unspecified atom stereocenters. The van der Waals surface area contributed by atoms with Gasteiger partial charge in [0.2, 0.25) is 6.39 Å². The molecule has 0 radical (unpaired) electrons. The van der Waals surface area contributed by atoms with E-state index in [0.717, 1.165) is 25.7 Å². The molecule has 1 amide bonds. The molecule has 1 fully saturated rings. The van der Waals surface area contributed by atoms with Crippen molar-refractivity contribution >= 4 is 16.9 Å². The maximum atomic E-state index is 13.8. The van der Waals surface area contributed by atoms with Gasteiger partial charge in [-0.1, -0.05) is 18.0 Å². The van der Waals surface area contributed by atoms with Gasteiger partial charge in [-0.05, 0) is 31.0 Å². The second kappa shape index (κ2) is 6.07. The van der Waals surface area contributed by atoms with Crippen LogP contribution in [0.1, 0.15) is 47.9 Å². The van der Waals surface area contributed by atoms with E-state index < -0.39 is 5.82 Å². The molecule has 6 nitrogen and oxygen atoms in total. The van der Waals surface area contributed by atoms with Crippen molar-refractivity contribution in [3.8, 4) is 0 Å². The number of nitrogens with zero attached hydrogens (tertiary/aromatic N) is 3. The van der Waals surface area contributed by atoms with Crippen molar-refractivity contribution in [2.45, 2.75) is 31.7 Å². The molecule has 3 heterocycles. The number of hydrogen-bond acceptors (Lipinski definition) is 5. The normalized spacial score (nSPS) is 18.7. The van der Waals surface area contributed by atoms with Gasteiger partial charge >= 0.3 is 0 Å². The molecule has 124 valence electrons. The van der Waals surface area contributed by atoms with Crippen molar-refractivity contribution in [1.82, 2.24) is 15.0 Å². The Balaban J connectivity index is 1.75. The lowest BCUT2D eigenvalue weighted by Crippen LogP contribution is -2.35. The molecule has 0 spiro atoms. The van der Waals surface area contributed by atoms with Gasteiger partial charge in [0.15, 0.2) is 17.2 Å². The highest BCUT2D eigenvalue weighted by molar-refractivity contribution is 6.06. The first-order chi connectivity index (χ1) is 11.8. The van der Waals surface area contributed by atoms with Crippen LogP contribution in [0.15, 0.2) is 39.8 Å². The van der Waals surface area contributed by atoms with E-state index in [4.69, 9.17) is 8.94 Å². The summed E-state index contributed by atoms with van der Waals surface area (Å²) in [5, 5.41) is 4.40. The average Bonchev–Trinajstić information content (AvgIpc) is 3.23. The Hall–Kier alpha value is -2.70. The molecule has 2 aromatic heterocycles. The predicted octanol–water partition coefficient (Wildman–Crippen LogP) is 3.71. The van der Waals surface area contributed by atoms with Gasteiger partial charge in [-0.25, -0.2) is 4.39 Å². The summed E-state index contributed by atoms with van der Waals surface area (Å²) in [7, 11) is 0. The molecule has 0 N–H and O–H groups in total. The molecule has 3 aromatic rings. The van der Waals surface area contributed by atoms with E-state index in [1.807, 2.05) is 0 Å². The molecule has 0 bridgehead atoms. The Bertz CT molecular complexity index is 859. The molecule has 1 aliphatic rings. The van der Waals surface area contributed by atoms with Crippen LogP contribution in [0.3, 0.4) is 0 Å². The number of benzene rings is 1. The first-order valence-corrected chi connectivity index (χ1v) is 7.98. The zero-order valence-electron chi connectivity index (χ0n) is 12.9. The van der Waals surface area contributed by atoms with Crippen molar-refractivity contribution in [2.75, 3.05) is 6.54 Å². The van der Waals surface area contributed by atoms with Crippen LogP contribution in [0.5, 0.6) is 0 Å². The van der Waals surface area contributed by atoms with Gasteiger partial charge in [0.25, 0.3) is 5.91 Å². The number of halogens is 1. The van der Waals surface area contributed by atoms with E-state index in [-0.39, 0.29) is 17.5 Å². The van der Waals surface area contributed by atoms with Crippen LogP contribution < -0.4 is 0 Å². The minimum absolute atomic E-state index is 0.104. The van der Waals surface area contributed by atoms with Crippen molar-refractivity contribution in [2.24, 2.45) is 0 Å². The molecule has 1 aliphatic heterocycles. The van der Waals surface area contributed by atoms with Crippen molar-refractivity contribution in [1.29, 1.82) is 0 Å². The Labute approximate surface area is 137 Å². The van der Waals surface area contributed by atoms with Gasteiger partial charge in [-0.2, -0.15) is 4.98 Å². The van der Waals surface area contributed by atoms with Gasteiger partial charge in [0.1, 0.15) is 0 Å². The van der Waals surface area contributed by atoms with Crippen LogP contribution >= 0.6 is 0 Å². The Morgan fingerprint density at radius 1 is 1.25 bits per heavy atom. The topological polar surface area (TPSA) is 72.4 Å². The predicted molar refractivity (Wildman–Crippen MR) is 82.7 cm³/mol. The minimum atomic E-state index is -0.475. The molecular formula is C17H16FN3O3. The van der Waals surface area contributed by atoms with Gasteiger partial charge in [0.05, 0.1) is 17.9 Å². The molecule has 0 aliphatic carbocycles. The number of likely N-dealkylation sites (tertiary alicyclic amines) is 1. The third-order valence-electron chi connectivity index (χ3n) is 4.49. The Morgan fingerprint density at radius 3 is 3.00 bits per heavy atom. The first kappa shape index (κ1) is 14.9. The molecule has 24 heavy (non-hydrogen) atoms. The third-order valence-corrected chi connectivity index (χ3v) is 4.49. The lowest BCUT2D eigenvalue weighted by Gasteiger charge is -2.28. The van der Waals surface area contributed by atoms with Crippen LogP contribution in [0, 0.1) is 5.82 Å². The van der Waals surface area contributed by atoms with Crippen molar-refractivity contribution in [3.05, 3.63) is 48.1 Å². The number of hydrogen-bond donors (Lipinski definition) is 0. The first-order valence-electron chi connectivity index (χ1n) is 7.98.